The Morgan fingerprint density at radius 2 is 1.94 bits per heavy atom. The Morgan fingerprint density at radius 1 is 1.13 bits per heavy atom. The number of aromatic amines is 1. The lowest BCUT2D eigenvalue weighted by atomic mass is 9.90. The molecular weight excluding hydrogens is 388 g/mol. The third-order valence-electron chi connectivity index (χ3n) is 6.18. The number of amides is 1. The minimum absolute atomic E-state index is 0.0396. The van der Waals surface area contributed by atoms with Crippen LogP contribution in [0.15, 0.2) is 54.9 Å². The van der Waals surface area contributed by atoms with Gasteiger partial charge in [-0.1, -0.05) is 23.8 Å². The van der Waals surface area contributed by atoms with Gasteiger partial charge in [0.2, 0.25) is 0 Å². The van der Waals surface area contributed by atoms with Crippen LogP contribution in [0.5, 0.6) is 0 Å². The number of para-hydroxylation sites is 2. The molecule has 2 atom stereocenters. The van der Waals surface area contributed by atoms with E-state index >= 15 is 0 Å². The molecule has 7 nitrogen and oxygen atoms in total. The number of likely N-dealkylation sites (tertiary alicyclic amines) is 1. The standard InChI is InChI=1S/C24H26N6O/c1-16-7-10-22(30-25-11-12-26-30)19(13-16)24(31)29-15-18(9-8-17(29)2)14-23-27-20-5-3-4-6-21(20)28-23/h3-7,10-13,17-18H,8-9,14-15H2,1-2H3,(H,27,28)/t17-,18+/m1/s1. The van der Waals surface area contributed by atoms with Crippen molar-refractivity contribution in [3.8, 4) is 5.69 Å². The Balaban J connectivity index is 1.39. The molecule has 0 radical (unpaired) electrons. The number of hydrogen-bond acceptors (Lipinski definition) is 4. The smallest absolute Gasteiger partial charge is 0.256 e. The van der Waals surface area contributed by atoms with Crippen LogP contribution in [0.4, 0.5) is 0 Å². The van der Waals surface area contributed by atoms with Crippen LogP contribution >= 0.6 is 0 Å². The van der Waals surface area contributed by atoms with E-state index in [9.17, 15) is 4.79 Å². The summed E-state index contributed by atoms with van der Waals surface area (Å²) in [7, 11) is 0. The van der Waals surface area contributed by atoms with Crippen molar-refractivity contribution in [1.82, 2.24) is 29.9 Å². The van der Waals surface area contributed by atoms with Gasteiger partial charge in [-0.2, -0.15) is 15.0 Å². The molecule has 1 aliphatic heterocycles. The molecule has 0 bridgehead atoms. The highest BCUT2D eigenvalue weighted by molar-refractivity contribution is 5.98. The molecule has 0 aliphatic carbocycles. The highest BCUT2D eigenvalue weighted by atomic mass is 16.2. The summed E-state index contributed by atoms with van der Waals surface area (Å²) in [5.74, 6) is 1.40. The number of imidazole rings is 1. The van der Waals surface area contributed by atoms with Gasteiger partial charge in [0, 0.05) is 19.0 Å². The van der Waals surface area contributed by atoms with Gasteiger partial charge in [-0.25, -0.2) is 4.98 Å². The van der Waals surface area contributed by atoms with Crippen LogP contribution in [0.1, 0.15) is 41.5 Å². The summed E-state index contributed by atoms with van der Waals surface area (Å²) in [5, 5.41) is 8.47. The Bertz CT molecular complexity index is 1180. The van der Waals surface area contributed by atoms with E-state index in [1.165, 1.54) is 4.80 Å². The van der Waals surface area contributed by atoms with E-state index in [0.29, 0.717) is 17.2 Å². The maximum absolute atomic E-state index is 13.7. The fraction of sp³-hybridized carbons (Fsp3) is 0.333. The number of H-pyrrole nitrogens is 1. The van der Waals surface area contributed by atoms with E-state index in [-0.39, 0.29) is 11.9 Å². The van der Waals surface area contributed by atoms with Crippen LogP contribution in [0, 0.1) is 12.8 Å². The van der Waals surface area contributed by atoms with Crippen molar-refractivity contribution in [2.24, 2.45) is 5.92 Å². The summed E-state index contributed by atoms with van der Waals surface area (Å²) in [4.78, 5) is 25.3. The number of benzene rings is 2. The Morgan fingerprint density at radius 3 is 2.74 bits per heavy atom. The van der Waals surface area contributed by atoms with Gasteiger partial charge in [0.1, 0.15) is 5.82 Å². The van der Waals surface area contributed by atoms with Gasteiger partial charge >= 0.3 is 0 Å². The molecule has 5 rings (SSSR count). The van der Waals surface area contributed by atoms with Gasteiger partial charge in [0.25, 0.3) is 5.91 Å². The topological polar surface area (TPSA) is 79.7 Å². The third kappa shape index (κ3) is 3.83. The van der Waals surface area contributed by atoms with E-state index in [4.69, 9.17) is 4.98 Å². The van der Waals surface area contributed by atoms with Gasteiger partial charge in [-0.15, -0.1) is 0 Å². The number of nitrogens with one attached hydrogen (secondary N) is 1. The third-order valence-corrected chi connectivity index (χ3v) is 6.18. The van der Waals surface area contributed by atoms with Crippen molar-refractivity contribution in [1.29, 1.82) is 0 Å². The van der Waals surface area contributed by atoms with Crippen molar-refractivity contribution in [2.75, 3.05) is 6.54 Å². The maximum atomic E-state index is 13.7. The first kappa shape index (κ1) is 19.5. The summed E-state index contributed by atoms with van der Waals surface area (Å²) in [5.41, 5.74) is 4.46. The molecule has 1 amide bonds. The predicted octanol–water partition coefficient (Wildman–Crippen LogP) is 3.94. The van der Waals surface area contributed by atoms with Crippen LogP contribution in [0.2, 0.25) is 0 Å². The number of hydrogen-bond donors (Lipinski definition) is 1. The van der Waals surface area contributed by atoms with Crippen molar-refractivity contribution in [3.63, 3.8) is 0 Å². The lowest BCUT2D eigenvalue weighted by molar-refractivity contribution is 0.0558. The molecule has 2 aromatic carbocycles. The monoisotopic (exact) mass is 414 g/mol. The highest BCUT2D eigenvalue weighted by Gasteiger charge is 2.31. The number of aromatic nitrogens is 5. The first-order valence-electron chi connectivity index (χ1n) is 10.8. The van der Waals surface area contributed by atoms with Gasteiger partial charge in [-0.3, -0.25) is 4.79 Å². The normalized spacial score (nSPS) is 19.1. The molecule has 0 unspecified atom stereocenters. The van der Waals surface area contributed by atoms with E-state index in [2.05, 4.69) is 22.1 Å². The van der Waals surface area contributed by atoms with Crippen molar-refractivity contribution in [2.45, 2.75) is 39.2 Å². The Labute approximate surface area is 181 Å². The van der Waals surface area contributed by atoms with Crippen LogP contribution in [-0.2, 0) is 6.42 Å². The largest absolute Gasteiger partial charge is 0.342 e. The lowest BCUT2D eigenvalue weighted by Crippen LogP contribution is -2.46. The molecule has 4 aromatic rings. The van der Waals surface area contributed by atoms with Crippen molar-refractivity contribution < 1.29 is 4.79 Å². The van der Waals surface area contributed by atoms with Crippen molar-refractivity contribution >= 4 is 16.9 Å². The van der Waals surface area contributed by atoms with Crippen molar-refractivity contribution in [3.05, 3.63) is 71.8 Å². The molecule has 2 aromatic heterocycles. The van der Waals surface area contributed by atoms with Gasteiger partial charge < -0.3 is 9.88 Å². The number of aryl methyl sites for hydroxylation is 1. The van der Waals surface area contributed by atoms with E-state index in [0.717, 1.165) is 48.2 Å². The summed E-state index contributed by atoms with van der Waals surface area (Å²) in [6.45, 7) is 4.86. The fourth-order valence-corrected chi connectivity index (χ4v) is 4.50. The second-order valence-electron chi connectivity index (χ2n) is 8.49. The minimum atomic E-state index is 0.0396. The first-order valence-corrected chi connectivity index (χ1v) is 10.8. The predicted molar refractivity (Wildman–Crippen MR) is 119 cm³/mol. The number of carbonyl (C=O) groups is 1. The Kier molecular flexibility index (Phi) is 5.02. The summed E-state index contributed by atoms with van der Waals surface area (Å²) in [6, 6.07) is 14.1. The molecule has 3 heterocycles. The highest BCUT2D eigenvalue weighted by Crippen LogP contribution is 2.28. The van der Waals surface area contributed by atoms with Crippen LogP contribution in [-0.4, -0.2) is 48.4 Å². The number of fused-ring (bicyclic) bond motifs is 1. The average Bonchev–Trinajstić information content (AvgIpc) is 3.44. The summed E-state index contributed by atoms with van der Waals surface area (Å²) in [6.07, 6.45) is 6.16. The lowest BCUT2D eigenvalue weighted by Gasteiger charge is -2.38. The molecule has 1 N–H and O–H groups in total. The number of nitrogens with zero attached hydrogens (tertiary/aromatic N) is 5. The summed E-state index contributed by atoms with van der Waals surface area (Å²) < 4.78 is 0. The molecule has 0 saturated carbocycles. The maximum Gasteiger partial charge on any atom is 0.256 e. The van der Waals surface area contributed by atoms with Gasteiger partial charge in [0.15, 0.2) is 0 Å². The second kappa shape index (κ2) is 7.98. The molecular formula is C24H26N6O. The van der Waals surface area contributed by atoms with E-state index < -0.39 is 0 Å². The van der Waals surface area contributed by atoms with E-state index in [1.807, 2.05) is 54.3 Å². The zero-order chi connectivity index (χ0) is 21.4. The van der Waals surface area contributed by atoms with Crippen LogP contribution in [0.25, 0.3) is 16.7 Å². The Hall–Kier alpha value is -3.48. The van der Waals surface area contributed by atoms with E-state index in [1.54, 1.807) is 12.4 Å². The first-order chi connectivity index (χ1) is 15.1. The molecule has 0 spiro atoms. The average molecular weight is 415 g/mol. The zero-order valence-corrected chi connectivity index (χ0v) is 17.8. The minimum Gasteiger partial charge on any atom is -0.342 e. The number of carbonyl (C=O) groups excluding carboxylic acids is 1. The van der Waals surface area contributed by atoms with Crippen LogP contribution < -0.4 is 0 Å². The number of piperidine rings is 1. The quantitative estimate of drug-likeness (QED) is 0.549. The molecule has 31 heavy (non-hydrogen) atoms. The zero-order valence-electron chi connectivity index (χ0n) is 17.8. The fourth-order valence-electron chi connectivity index (χ4n) is 4.50. The summed E-state index contributed by atoms with van der Waals surface area (Å²) >= 11 is 0. The van der Waals surface area contributed by atoms with Crippen LogP contribution in [0.3, 0.4) is 0 Å². The molecule has 1 saturated heterocycles. The molecule has 1 fully saturated rings. The number of rotatable bonds is 4. The van der Waals surface area contributed by atoms with Gasteiger partial charge in [0.05, 0.1) is 34.7 Å². The van der Waals surface area contributed by atoms with Gasteiger partial charge in [-0.05, 0) is 56.9 Å². The molecule has 7 heteroatoms. The SMILES string of the molecule is Cc1ccc(-n2nccn2)c(C(=O)N2C[C@H](Cc3nc4ccccc4[nH]3)CC[C@H]2C)c1. The molecule has 1 aliphatic rings. The second-order valence-corrected chi connectivity index (χ2v) is 8.49. The molecule has 158 valence electrons.